The Kier molecular flexibility index (Phi) is 5.94. The average molecular weight is 344 g/mol. The van der Waals surface area contributed by atoms with Gasteiger partial charge in [0, 0.05) is 12.6 Å². The first-order valence-electron chi connectivity index (χ1n) is 7.67. The second-order valence-corrected chi connectivity index (χ2v) is 5.47. The van der Waals surface area contributed by atoms with Crippen molar-refractivity contribution in [2.75, 3.05) is 20.7 Å². The number of furan rings is 1. The van der Waals surface area contributed by atoms with Crippen molar-refractivity contribution in [3.63, 3.8) is 0 Å². The van der Waals surface area contributed by atoms with Gasteiger partial charge in [0.1, 0.15) is 17.1 Å². The van der Waals surface area contributed by atoms with E-state index in [1.54, 1.807) is 44.3 Å². The Morgan fingerprint density at radius 2 is 1.88 bits per heavy atom. The van der Waals surface area contributed by atoms with Crippen molar-refractivity contribution in [2.24, 2.45) is 0 Å². The van der Waals surface area contributed by atoms with Gasteiger partial charge in [-0.05, 0) is 25.1 Å². The summed E-state index contributed by atoms with van der Waals surface area (Å²) >= 11 is 0. The number of carbonyl (C=O) groups is 3. The molecular weight excluding hydrogens is 324 g/mol. The van der Waals surface area contributed by atoms with Crippen LogP contribution in [0.3, 0.4) is 0 Å². The molecule has 1 N–H and O–H groups in total. The molecular formula is C18H20N2O5. The van der Waals surface area contributed by atoms with E-state index < -0.39 is 5.97 Å². The summed E-state index contributed by atoms with van der Waals surface area (Å²) in [6.07, 6.45) is 0. The number of hydrogen-bond donors (Lipinski definition) is 1. The Morgan fingerprint density at radius 3 is 2.52 bits per heavy atom. The van der Waals surface area contributed by atoms with E-state index in [2.05, 4.69) is 10.1 Å². The third-order valence-corrected chi connectivity index (χ3v) is 3.63. The first kappa shape index (κ1) is 18.3. The molecule has 2 amide bonds. The molecule has 7 nitrogen and oxygen atoms in total. The molecule has 132 valence electrons. The monoisotopic (exact) mass is 344 g/mol. The van der Waals surface area contributed by atoms with Crippen LogP contribution in [-0.2, 0) is 16.1 Å². The zero-order chi connectivity index (χ0) is 18.4. The molecule has 0 bridgehead atoms. The smallest absolute Gasteiger partial charge is 0.341 e. The van der Waals surface area contributed by atoms with Crippen LogP contribution in [0.4, 0.5) is 0 Å². The van der Waals surface area contributed by atoms with E-state index in [4.69, 9.17) is 4.42 Å². The van der Waals surface area contributed by atoms with Gasteiger partial charge in [-0.1, -0.05) is 18.2 Å². The second kappa shape index (κ2) is 8.14. The number of nitrogens with zero attached hydrogens (tertiary/aromatic N) is 1. The van der Waals surface area contributed by atoms with Crippen LogP contribution < -0.4 is 5.32 Å². The Hall–Kier alpha value is -3.09. The van der Waals surface area contributed by atoms with E-state index in [0.717, 1.165) is 0 Å². The number of hydrogen-bond acceptors (Lipinski definition) is 5. The number of rotatable bonds is 6. The second-order valence-electron chi connectivity index (χ2n) is 5.47. The lowest BCUT2D eigenvalue weighted by Gasteiger charge is -2.16. The number of carbonyl (C=O) groups excluding carboxylic acids is 3. The zero-order valence-corrected chi connectivity index (χ0v) is 14.4. The molecule has 1 aromatic heterocycles. The highest BCUT2D eigenvalue weighted by Crippen LogP contribution is 2.17. The normalized spacial score (nSPS) is 10.2. The minimum Gasteiger partial charge on any atom is -0.465 e. The number of ether oxygens (including phenoxy) is 1. The van der Waals surface area contributed by atoms with Crippen LogP contribution in [0.15, 0.2) is 40.8 Å². The molecule has 0 aliphatic carbocycles. The van der Waals surface area contributed by atoms with Crippen molar-refractivity contribution in [1.82, 2.24) is 10.2 Å². The molecule has 0 unspecified atom stereocenters. The molecule has 2 aromatic rings. The molecule has 1 heterocycles. The SMILES string of the molecule is COC(=O)c1cc(CN(C)C(=O)CNC(=O)c2ccccc2)oc1C. The Morgan fingerprint density at radius 1 is 1.20 bits per heavy atom. The fourth-order valence-corrected chi connectivity index (χ4v) is 2.24. The number of nitrogens with one attached hydrogen (secondary N) is 1. The molecule has 1 aromatic carbocycles. The fourth-order valence-electron chi connectivity index (χ4n) is 2.24. The molecule has 25 heavy (non-hydrogen) atoms. The third-order valence-electron chi connectivity index (χ3n) is 3.63. The molecule has 0 radical (unpaired) electrons. The summed E-state index contributed by atoms with van der Waals surface area (Å²) in [6, 6.07) is 10.2. The van der Waals surface area contributed by atoms with Gasteiger partial charge in [0.25, 0.3) is 5.91 Å². The summed E-state index contributed by atoms with van der Waals surface area (Å²) in [6.45, 7) is 1.70. The van der Waals surface area contributed by atoms with E-state index in [9.17, 15) is 14.4 Å². The molecule has 0 atom stereocenters. The van der Waals surface area contributed by atoms with Crippen molar-refractivity contribution in [3.05, 3.63) is 59.0 Å². The van der Waals surface area contributed by atoms with Gasteiger partial charge in [-0.3, -0.25) is 9.59 Å². The van der Waals surface area contributed by atoms with Crippen LogP contribution in [0.5, 0.6) is 0 Å². The van der Waals surface area contributed by atoms with E-state index in [-0.39, 0.29) is 24.9 Å². The van der Waals surface area contributed by atoms with Crippen molar-refractivity contribution >= 4 is 17.8 Å². The van der Waals surface area contributed by atoms with Gasteiger partial charge in [-0.25, -0.2) is 4.79 Å². The predicted molar refractivity (Wildman–Crippen MR) is 90.0 cm³/mol. The summed E-state index contributed by atoms with van der Waals surface area (Å²) in [5, 5.41) is 2.57. The fraction of sp³-hybridized carbons (Fsp3) is 0.278. The molecule has 0 saturated heterocycles. The van der Waals surface area contributed by atoms with Gasteiger partial charge in [-0.2, -0.15) is 0 Å². The molecule has 7 heteroatoms. The average Bonchev–Trinajstić information content (AvgIpc) is 2.99. The Balaban J connectivity index is 1.90. The first-order chi connectivity index (χ1) is 11.9. The van der Waals surface area contributed by atoms with Crippen molar-refractivity contribution in [2.45, 2.75) is 13.5 Å². The maximum atomic E-state index is 12.1. The summed E-state index contributed by atoms with van der Waals surface area (Å²) in [7, 11) is 2.88. The van der Waals surface area contributed by atoms with Gasteiger partial charge in [0.15, 0.2) is 0 Å². The van der Waals surface area contributed by atoms with Gasteiger partial charge in [0.2, 0.25) is 5.91 Å². The summed E-state index contributed by atoms with van der Waals surface area (Å²) in [5.41, 5.74) is 0.818. The predicted octanol–water partition coefficient (Wildman–Crippen LogP) is 1.76. The van der Waals surface area contributed by atoms with Gasteiger partial charge in [-0.15, -0.1) is 0 Å². The van der Waals surface area contributed by atoms with Crippen LogP contribution in [0, 0.1) is 6.92 Å². The van der Waals surface area contributed by atoms with E-state index in [0.29, 0.717) is 22.6 Å². The lowest BCUT2D eigenvalue weighted by Crippen LogP contribution is -2.37. The minimum absolute atomic E-state index is 0.131. The van der Waals surface area contributed by atoms with Gasteiger partial charge < -0.3 is 19.4 Å². The molecule has 0 aliphatic heterocycles. The third kappa shape index (κ3) is 4.69. The minimum atomic E-state index is -0.489. The van der Waals surface area contributed by atoms with Crippen LogP contribution in [-0.4, -0.2) is 43.4 Å². The number of amides is 2. The highest BCUT2D eigenvalue weighted by Gasteiger charge is 2.18. The van der Waals surface area contributed by atoms with Gasteiger partial charge >= 0.3 is 5.97 Å². The van der Waals surface area contributed by atoms with E-state index >= 15 is 0 Å². The lowest BCUT2D eigenvalue weighted by molar-refractivity contribution is -0.129. The van der Waals surface area contributed by atoms with Crippen molar-refractivity contribution < 1.29 is 23.5 Å². The van der Waals surface area contributed by atoms with Crippen molar-refractivity contribution in [3.8, 4) is 0 Å². The van der Waals surface area contributed by atoms with Crippen LogP contribution >= 0.6 is 0 Å². The van der Waals surface area contributed by atoms with E-state index in [1.165, 1.54) is 12.0 Å². The molecule has 0 saturated carbocycles. The lowest BCUT2D eigenvalue weighted by atomic mass is 10.2. The molecule has 2 rings (SSSR count). The van der Waals surface area contributed by atoms with E-state index in [1.807, 2.05) is 6.07 Å². The van der Waals surface area contributed by atoms with Crippen LogP contribution in [0.1, 0.15) is 32.2 Å². The number of benzene rings is 1. The summed E-state index contributed by atoms with van der Waals surface area (Å²) in [4.78, 5) is 37.1. The number of likely N-dealkylation sites (N-methyl/N-ethyl adjacent to an activating group) is 1. The summed E-state index contributed by atoms with van der Waals surface area (Å²) < 4.78 is 10.1. The number of methoxy groups -OCH3 is 1. The summed E-state index contributed by atoms with van der Waals surface area (Å²) in [5.74, 6) is -0.193. The number of aryl methyl sites for hydroxylation is 1. The highest BCUT2D eigenvalue weighted by molar-refractivity contribution is 5.96. The zero-order valence-electron chi connectivity index (χ0n) is 14.4. The molecule has 0 aliphatic rings. The Labute approximate surface area is 145 Å². The molecule has 0 spiro atoms. The largest absolute Gasteiger partial charge is 0.465 e. The van der Waals surface area contributed by atoms with Crippen molar-refractivity contribution in [1.29, 1.82) is 0 Å². The quantitative estimate of drug-likeness (QED) is 0.807. The Bertz CT molecular complexity index is 767. The van der Waals surface area contributed by atoms with Crippen LogP contribution in [0.2, 0.25) is 0 Å². The first-order valence-corrected chi connectivity index (χ1v) is 7.67. The van der Waals surface area contributed by atoms with Crippen LogP contribution in [0.25, 0.3) is 0 Å². The molecule has 0 fully saturated rings. The maximum absolute atomic E-state index is 12.1. The number of esters is 1. The highest BCUT2D eigenvalue weighted by atomic mass is 16.5. The van der Waals surface area contributed by atoms with Gasteiger partial charge in [0.05, 0.1) is 20.2 Å². The maximum Gasteiger partial charge on any atom is 0.341 e. The standard InChI is InChI=1S/C18H20N2O5/c1-12-15(18(23)24-3)9-14(25-12)11-20(2)16(21)10-19-17(22)13-7-5-4-6-8-13/h4-9H,10-11H2,1-3H3,(H,19,22). The topological polar surface area (TPSA) is 88.9 Å².